The van der Waals surface area contributed by atoms with Crippen molar-refractivity contribution in [2.24, 2.45) is 16.3 Å². The third-order valence-electron chi connectivity index (χ3n) is 8.21. The van der Waals surface area contributed by atoms with Gasteiger partial charge in [-0.15, -0.1) is 11.3 Å². The van der Waals surface area contributed by atoms with E-state index in [1.165, 1.54) is 4.88 Å². The van der Waals surface area contributed by atoms with E-state index < -0.39 is 0 Å². The number of hydrogen-bond donors (Lipinski definition) is 1. The number of nitrogens with zero attached hydrogens (tertiary/aromatic N) is 2. The highest BCUT2D eigenvalue weighted by molar-refractivity contribution is 7.16. The first-order valence-corrected chi connectivity index (χ1v) is 16.2. The number of hydrogen-bond acceptors (Lipinski definition) is 6. The van der Waals surface area contributed by atoms with Crippen LogP contribution < -0.4 is 14.8 Å². The van der Waals surface area contributed by atoms with Crippen LogP contribution in [0.15, 0.2) is 47.5 Å². The average Bonchev–Trinajstić information content (AvgIpc) is 3.64. The number of benzene rings is 2. The third kappa shape index (κ3) is 7.60. The van der Waals surface area contributed by atoms with Gasteiger partial charge in [-0.2, -0.15) is 0 Å². The van der Waals surface area contributed by atoms with Gasteiger partial charge in [0.2, 0.25) is 0 Å². The lowest BCUT2D eigenvalue weighted by molar-refractivity contribution is -0.132. The maximum absolute atomic E-state index is 13.7. The van der Waals surface area contributed by atoms with E-state index in [2.05, 4.69) is 26.1 Å². The fourth-order valence-corrected chi connectivity index (χ4v) is 7.08. The third-order valence-corrected chi connectivity index (χ3v) is 9.62. The van der Waals surface area contributed by atoms with Crippen LogP contribution >= 0.6 is 22.9 Å². The van der Waals surface area contributed by atoms with Crippen LogP contribution in [0.2, 0.25) is 5.02 Å². The minimum atomic E-state index is -0.164. The first-order valence-electron chi connectivity index (χ1n) is 15.0. The molecular formula is C34H40ClN3O4S. The number of carbonyl (C=O) groups excluding carboxylic acids is 2. The summed E-state index contributed by atoms with van der Waals surface area (Å²) in [4.78, 5) is 34.1. The van der Waals surface area contributed by atoms with Crippen molar-refractivity contribution in [2.75, 3.05) is 31.6 Å². The molecule has 1 aliphatic heterocycles. The molecule has 1 atom stereocenters. The van der Waals surface area contributed by atoms with Crippen LogP contribution in [-0.2, 0) is 17.6 Å². The molecular weight excluding hydrogens is 582 g/mol. The minimum absolute atomic E-state index is 0.00893. The molecule has 0 bridgehead atoms. The van der Waals surface area contributed by atoms with E-state index in [4.69, 9.17) is 26.1 Å². The number of carbonyl (C=O) groups is 2. The Morgan fingerprint density at radius 3 is 2.53 bits per heavy atom. The second kappa shape index (κ2) is 13.5. The molecule has 0 unspecified atom stereocenters. The maximum Gasteiger partial charge on any atom is 0.260 e. The van der Waals surface area contributed by atoms with Crippen LogP contribution in [-0.4, -0.2) is 49.2 Å². The second-order valence-corrected chi connectivity index (χ2v) is 13.7. The quantitative estimate of drug-likeness (QED) is 0.246. The van der Waals surface area contributed by atoms with Gasteiger partial charge in [0, 0.05) is 34.9 Å². The number of ether oxygens (including phenoxy) is 2. The van der Waals surface area contributed by atoms with E-state index in [9.17, 15) is 9.59 Å². The molecule has 7 nitrogen and oxygen atoms in total. The van der Waals surface area contributed by atoms with Gasteiger partial charge in [-0.05, 0) is 104 Å². The number of amides is 2. The van der Waals surface area contributed by atoms with Crippen molar-refractivity contribution in [1.82, 2.24) is 4.90 Å². The summed E-state index contributed by atoms with van der Waals surface area (Å²) in [5.74, 6) is 1.45. The summed E-state index contributed by atoms with van der Waals surface area (Å²) < 4.78 is 11.7. The Morgan fingerprint density at radius 1 is 1.09 bits per heavy atom. The molecule has 9 heteroatoms. The average molecular weight is 622 g/mol. The van der Waals surface area contributed by atoms with Gasteiger partial charge in [0.15, 0.2) is 18.1 Å². The molecule has 2 amide bonds. The van der Waals surface area contributed by atoms with Gasteiger partial charge in [-0.3, -0.25) is 9.59 Å². The Hall–Kier alpha value is -3.36. The number of likely N-dealkylation sites (tertiary alicyclic amines) is 1. The topological polar surface area (TPSA) is 80.2 Å². The van der Waals surface area contributed by atoms with Gasteiger partial charge < -0.3 is 19.7 Å². The van der Waals surface area contributed by atoms with Crippen LogP contribution in [0.3, 0.4) is 0 Å². The summed E-state index contributed by atoms with van der Waals surface area (Å²) in [5.41, 5.74) is 3.43. The summed E-state index contributed by atoms with van der Waals surface area (Å²) in [5, 5.41) is 4.36. The molecule has 2 heterocycles. The molecule has 0 saturated carbocycles. The Labute approximate surface area is 263 Å². The summed E-state index contributed by atoms with van der Waals surface area (Å²) in [6.07, 6.45) is 6.67. The molecule has 1 fully saturated rings. The van der Waals surface area contributed by atoms with Crippen molar-refractivity contribution in [1.29, 1.82) is 0 Å². The Morgan fingerprint density at radius 2 is 1.84 bits per heavy atom. The van der Waals surface area contributed by atoms with E-state index >= 15 is 0 Å². The normalized spacial score (nSPS) is 16.8. The summed E-state index contributed by atoms with van der Waals surface area (Å²) in [7, 11) is 0. The van der Waals surface area contributed by atoms with Crippen molar-refractivity contribution >= 4 is 51.7 Å². The first-order chi connectivity index (χ1) is 20.6. The van der Waals surface area contributed by atoms with Crippen LogP contribution in [0.4, 0.5) is 10.7 Å². The Bertz CT molecular complexity index is 1490. The molecule has 43 heavy (non-hydrogen) atoms. The van der Waals surface area contributed by atoms with Gasteiger partial charge >= 0.3 is 0 Å². The molecule has 228 valence electrons. The lowest BCUT2D eigenvalue weighted by atomic mass is 9.72. The molecule has 5 rings (SSSR count). The Kier molecular flexibility index (Phi) is 9.77. The lowest BCUT2D eigenvalue weighted by Gasteiger charge is -2.33. The van der Waals surface area contributed by atoms with Gasteiger partial charge in [0.1, 0.15) is 5.00 Å². The van der Waals surface area contributed by atoms with Crippen LogP contribution in [0.1, 0.15) is 73.3 Å². The van der Waals surface area contributed by atoms with Gasteiger partial charge in [0.25, 0.3) is 11.8 Å². The predicted octanol–water partition coefficient (Wildman–Crippen LogP) is 7.96. The first kappa shape index (κ1) is 31.1. The number of anilines is 1. The number of rotatable bonds is 9. The molecule has 2 aromatic carbocycles. The van der Waals surface area contributed by atoms with Crippen LogP contribution in [0.25, 0.3) is 0 Å². The lowest BCUT2D eigenvalue weighted by Crippen LogP contribution is -2.32. The number of fused-ring (bicyclic) bond motifs is 1. The van der Waals surface area contributed by atoms with Crippen molar-refractivity contribution in [3.63, 3.8) is 0 Å². The molecule has 3 aromatic rings. The Balaban J connectivity index is 1.40. The highest BCUT2D eigenvalue weighted by atomic mass is 35.5. The summed E-state index contributed by atoms with van der Waals surface area (Å²) in [6.45, 7) is 10.8. The van der Waals surface area contributed by atoms with Crippen LogP contribution in [0, 0.1) is 11.3 Å². The highest BCUT2D eigenvalue weighted by Gasteiger charge is 2.33. The minimum Gasteiger partial charge on any atom is -0.490 e. The molecule has 0 spiro atoms. The molecule has 1 N–H and O–H groups in total. The SMILES string of the molecule is CCOc1cc(C=Nc2sc3c(c2C(=O)Nc2ccc(Cl)cc2)CC[C@H](C(C)(C)C)C3)ccc1OCC(=O)N1CCCC1. The largest absolute Gasteiger partial charge is 0.490 e. The smallest absolute Gasteiger partial charge is 0.260 e. The van der Waals surface area contributed by atoms with Crippen LogP contribution in [0.5, 0.6) is 11.5 Å². The van der Waals surface area contributed by atoms with E-state index in [0.29, 0.717) is 45.3 Å². The molecule has 2 aliphatic rings. The van der Waals surface area contributed by atoms with Crippen molar-refractivity contribution < 1.29 is 19.1 Å². The fraction of sp³-hybridized carbons (Fsp3) is 0.441. The van der Waals surface area contributed by atoms with E-state index in [1.54, 1.807) is 41.8 Å². The zero-order valence-corrected chi connectivity index (χ0v) is 26.9. The predicted molar refractivity (Wildman–Crippen MR) is 175 cm³/mol. The maximum atomic E-state index is 13.7. The zero-order valence-electron chi connectivity index (χ0n) is 25.4. The number of aliphatic imine (C=N–C) groups is 1. The van der Waals surface area contributed by atoms with E-state index in [0.717, 1.165) is 56.3 Å². The number of nitrogens with one attached hydrogen (secondary N) is 1. The summed E-state index contributed by atoms with van der Waals surface area (Å²) >= 11 is 7.66. The number of halogens is 1. The standard InChI is InChI=1S/C34H40ClN3O4S/c1-5-41-28-18-22(8-15-27(28)42-21-30(39)38-16-6-7-17-38)20-36-33-31(32(40)37-25-12-10-24(35)11-13-25)26-14-9-23(34(2,3)4)19-29(26)43-33/h8,10-13,15,18,20,23H,5-7,9,14,16-17,19,21H2,1-4H3,(H,37,40)/t23-/m0/s1. The molecule has 1 aliphatic carbocycles. The second-order valence-electron chi connectivity index (χ2n) is 12.2. The number of thiophene rings is 1. The van der Waals surface area contributed by atoms with E-state index in [1.807, 2.05) is 30.0 Å². The van der Waals surface area contributed by atoms with Crippen molar-refractivity contribution in [2.45, 2.75) is 59.8 Å². The van der Waals surface area contributed by atoms with Crippen molar-refractivity contribution in [3.8, 4) is 11.5 Å². The van der Waals surface area contributed by atoms with Crippen molar-refractivity contribution in [3.05, 3.63) is 69.1 Å². The summed E-state index contributed by atoms with van der Waals surface area (Å²) in [6, 6.07) is 12.7. The van der Waals surface area contributed by atoms with Gasteiger partial charge in [0.05, 0.1) is 12.2 Å². The zero-order chi connectivity index (χ0) is 30.6. The molecule has 0 radical (unpaired) electrons. The monoisotopic (exact) mass is 621 g/mol. The van der Waals surface area contributed by atoms with Gasteiger partial charge in [-0.1, -0.05) is 32.4 Å². The fourth-order valence-electron chi connectivity index (χ4n) is 5.69. The van der Waals surface area contributed by atoms with Gasteiger partial charge in [-0.25, -0.2) is 4.99 Å². The molecule has 1 saturated heterocycles. The molecule has 1 aromatic heterocycles. The van der Waals surface area contributed by atoms with E-state index in [-0.39, 0.29) is 23.8 Å². The highest BCUT2D eigenvalue weighted by Crippen LogP contribution is 2.45.